The minimum Gasteiger partial charge on any atom is -0.383 e. The summed E-state index contributed by atoms with van der Waals surface area (Å²) in [5, 5.41) is 1.17. The van der Waals surface area contributed by atoms with E-state index in [4.69, 9.17) is 4.74 Å². The summed E-state index contributed by atoms with van der Waals surface area (Å²) in [6, 6.07) is 10.0. The van der Waals surface area contributed by atoms with Gasteiger partial charge in [0.2, 0.25) is 0 Å². The summed E-state index contributed by atoms with van der Waals surface area (Å²) < 4.78 is 5.16. The van der Waals surface area contributed by atoms with E-state index in [0.717, 1.165) is 25.2 Å². The lowest BCUT2D eigenvalue weighted by Gasteiger charge is -2.42. The number of imide groups is 1. The molecule has 2 fully saturated rings. The van der Waals surface area contributed by atoms with Crippen molar-refractivity contribution in [3.05, 3.63) is 42.1 Å². The third kappa shape index (κ3) is 3.04. The van der Waals surface area contributed by atoms with Crippen LogP contribution in [0.15, 0.2) is 36.5 Å². The lowest BCUT2D eigenvalue weighted by atomic mass is 9.85. The van der Waals surface area contributed by atoms with E-state index in [0.29, 0.717) is 26.0 Å². The number of likely N-dealkylation sites (N-methyl/N-ethyl adjacent to an activating group) is 1. The molecular formula is C21H26N4O3. The molecule has 0 bridgehead atoms. The molecule has 2 saturated heterocycles. The number of para-hydroxylation sites is 1. The van der Waals surface area contributed by atoms with Crippen LogP contribution < -0.4 is 0 Å². The van der Waals surface area contributed by atoms with Gasteiger partial charge in [0, 0.05) is 51.9 Å². The maximum Gasteiger partial charge on any atom is 0.327 e. The maximum absolute atomic E-state index is 12.9. The Bertz CT molecular complexity index is 887. The number of methoxy groups -OCH3 is 1. The molecule has 7 nitrogen and oxygen atoms in total. The van der Waals surface area contributed by atoms with E-state index < -0.39 is 5.54 Å². The molecule has 2 aliphatic rings. The number of amides is 3. The van der Waals surface area contributed by atoms with Gasteiger partial charge in [0.05, 0.1) is 12.1 Å². The molecule has 4 rings (SSSR count). The smallest absolute Gasteiger partial charge is 0.327 e. The number of piperidine rings is 1. The van der Waals surface area contributed by atoms with Crippen LogP contribution >= 0.6 is 0 Å². The van der Waals surface area contributed by atoms with Gasteiger partial charge in [0.15, 0.2) is 0 Å². The van der Waals surface area contributed by atoms with Crippen molar-refractivity contribution < 1.29 is 14.3 Å². The van der Waals surface area contributed by atoms with Gasteiger partial charge in [0.1, 0.15) is 5.54 Å². The number of fused-ring (bicyclic) bond motifs is 1. The van der Waals surface area contributed by atoms with E-state index in [2.05, 4.69) is 22.0 Å². The van der Waals surface area contributed by atoms with Crippen molar-refractivity contribution in [1.82, 2.24) is 19.7 Å². The highest BCUT2D eigenvalue weighted by Gasteiger charge is 2.56. The topological polar surface area (TPSA) is 66.0 Å². The molecule has 1 aromatic carbocycles. The zero-order valence-corrected chi connectivity index (χ0v) is 16.4. The van der Waals surface area contributed by atoms with Crippen LogP contribution in [0.3, 0.4) is 0 Å². The average molecular weight is 382 g/mol. The number of pyridine rings is 1. The third-order valence-electron chi connectivity index (χ3n) is 6.07. The predicted molar refractivity (Wildman–Crippen MR) is 106 cm³/mol. The molecule has 0 radical (unpaired) electrons. The third-order valence-corrected chi connectivity index (χ3v) is 6.07. The Morgan fingerprint density at radius 1 is 1.14 bits per heavy atom. The Kier molecular flexibility index (Phi) is 5.03. The van der Waals surface area contributed by atoms with Crippen molar-refractivity contribution in [2.75, 3.05) is 40.4 Å². The van der Waals surface area contributed by atoms with Crippen LogP contribution in [-0.2, 0) is 16.1 Å². The van der Waals surface area contributed by atoms with Crippen LogP contribution in [0.25, 0.3) is 10.9 Å². The molecule has 0 unspecified atom stereocenters. The number of aromatic nitrogens is 1. The van der Waals surface area contributed by atoms with Crippen molar-refractivity contribution in [3.63, 3.8) is 0 Å². The first-order chi connectivity index (χ1) is 13.6. The van der Waals surface area contributed by atoms with Crippen molar-refractivity contribution >= 4 is 22.8 Å². The Morgan fingerprint density at radius 3 is 2.64 bits per heavy atom. The first-order valence-electron chi connectivity index (χ1n) is 9.70. The van der Waals surface area contributed by atoms with Crippen LogP contribution in [0.1, 0.15) is 18.4 Å². The Labute approximate surface area is 164 Å². The van der Waals surface area contributed by atoms with Crippen LogP contribution in [0, 0.1) is 0 Å². The number of ether oxygens (including phenoxy) is 1. The number of hydrogen-bond acceptors (Lipinski definition) is 5. The van der Waals surface area contributed by atoms with Crippen molar-refractivity contribution in [3.8, 4) is 0 Å². The van der Waals surface area contributed by atoms with Crippen molar-refractivity contribution in [2.24, 2.45) is 0 Å². The fourth-order valence-electron chi connectivity index (χ4n) is 4.47. The number of rotatable bonds is 5. The summed E-state index contributed by atoms with van der Waals surface area (Å²) in [7, 11) is 3.19. The molecule has 0 saturated carbocycles. The molecule has 3 heterocycles. The molecule has 3 amide bonds. The van der Waals surface area contributed by atoms with Gasteiger partial charge in [-0.05, 0) is 30.5 Å². The van der Waals surface area contributed by atoms with Crippen LogP contribution in [0.5, 0.6) is 0 Å². The molecular weight excluding hydrogens is 356 g/mol. The lowest BCUT2D eigenvalue weighted by molar-refractivity contribution is -0.135. The Morgan fingerprint density at radius 2 is 1.89 bits per heavy atom. The highest BCUT2D eigenvalue weighted by molar-refractivity contribution is 6.06. The fraction of sp³-hybridized carbons (Fsp3) is 0.476. The number of hydrogen-bond donors (Lipinski definition) is 0. The number of likely N-dealkylation sites (tertiary alicyclic amines) is 1. The van der Waals surface area contributed by atoms with Gasteiger partial charge in [-0.2, -0.15) is 0 Å². The number of benzene rings is 1. The zero-order valence-electron chi connectivity index (χ0n) is 16.4. The largest absolute Gasteiger partial charge is 0.383 e. The van der Waals surface area contributed by atoms with Gasteiger partial charge < -0.3 is 9.64 Å². The minimum absolute atomic E-state index is 0.0809. The molecule has 0 N–H and O–H groups in total. The maximum atomic E-state index is 12.9. The van der Waals surface area contributed by atoms with Crippen molar-refractivity contribution in [1.29, 1.82) is 0 Å². The molecule has 1 spiro atoms. The van der Waals surface area contributed by atoms with E-state index in [1.54, 1.807) is 19.1 Å². The number of urea groups is 1. The van der Waals surface area contributed by atoms with Gasteiger partial charge in [-0.25, -0.2) is 4.79 Å². The van der Waals surface area contributed by atoms with E-state index in [1.165, 1.54) is 15.8 Å². The van der Waals surface area contributed by atoms with Gasteiger partial charge in [-0.15, -0.1) is 0 Å². The number of carbonyl (C=O) groups is 2. The molecule has 7 heteroatoms. The number of nitrogens with zero attached hydrogens (tertiary/aromatic N) is 4. The summed E-state index contributed by atoms with van der Waals surface area (Å²) in [6.07, 6.45) is 3.15. The predicted octanol–water partition coefficient (Wildman–Crippen LogP) is 2.11. The standard InChI is InChI=1S/C21H26N4O3/c1-23-19(26)21(25(20(23)27)13-14-28-2)8-11-24(12-9-21)15-16-7-10-22-18-6-4-3-5-17(16)18/h3-7,10H,8-9,11-15H2,1-2H3. The second-order valence-corrected chi connectivity index (χ2v) is 7.59. The fourth-order valence-corrected chi connectivity index (χ4v) is 4.47. The monoisotopic (exact) mass is 382 g/mol. The molecule has 1 aromatic heterocycles. The molecule has 148 valence electrons. The molecule has 2 aromatic rings. The van der Waals surface area contributed by atoms with Crippen LogP contribution in [0.4, 0.5) is 4.79 Å². The SMILES string of the molecule is COCCN1C(=O)N(C)C(=O)C12CCN(Cc1ccnc3ccccc13)CC2. The second kappa shape index (κ2) is 7.48. The quantitative estimate of drug-likeness (QED) is 0.741. The van der Waals surface area contributed by atoms with Crippen LogP contribution in [0.2, 0.25) is 0 Å². The zero-order chi connectivity index (χ0) is 19.7. The molecule has 2 aliphatic heterocycles. The minimum atomic E-state index is -0.721. The summed E-state index contributed by atoms with van der Waals surface area (Å²) in [4.78, 5) is 35.2. The van der Waals surface area contributed by atoms with E-state index in [-0.39, 0.29) is 11.9 Å². The molecule has 28 heavy (non-hydrogen) atoms. The number of carbonyl (C=O) groups excluding carboxylic acids is 2. The van der Waals surface area contributed by atoms with E-state index in [1.807, 2.05) is 24.4 Å². The molecule has 0 atom stereocenters. The lowest BCUT2D eigenvalue weighted by Crippen LogP contribution is -2.57. The highest BCUT2D eigenvalue weighted by Crippen LogP contribution is 2.37. The van der Waals surface area contributed by atoms with Gasteiger partial charge in [0.25, 0.3) is 5.91 Å². The van der Waals surface area contributed by atoms with E-state index in [9.17, 15) is 9.59 Å². The highest BCUT2D eigenvalue weighted by atomic mass is 16.5. The summed E-state index contributed by atoms with van der Waals surface area (Å²) in [5.74, 6) is -0.0809. The second-order valence-electron chi connectivity index (χ2n) is 7.59. The molecule has 0 aliphatic carbocycles. The summed E-state index contributed by atoms with van der Waals surface area (Å²) >= 11 is 0. The van der Waals surface area contributed by atoms with Crippen molar-refractivity contribution in [2.45, 2.75) is 24.9 Å². The van der Waals surface area contributed by atoms with Gasteiger partial charge >= 0.3 is 6.03 Å². The Hall–Kier alpha value is -2.51. The first-order valence-corrected chi connectivity index (χ1v) is 9.70. The van der Waals surface area contributed by atoms with Crippen LogP contribution in [-0.4, -0.2) is 77.6 Å². The Balaban J connectivity index is 1.50. The average Bonchev–Trinajstić information content (AvgIpc) is 2.89. The summed E-state index contributed by atoms with van der Waals surface area (Å²) in [5.41, 5.74) is 1.52. The first kappa shape index (κ1) is 18.8. The van der Waals surface area contributed by atoms with Gasteiger partial charge in [-0.3, -0.25) is 19.6 Å². The summed E-state index contributed by atoms with van der Waals surface area (Å²) in [6.45, 7) is 3.23. The normalized spacial score (nSPS) is 19.9. The van der Waals surface area contributed by atoms with E-state index >= 15 is 0 Å². The van der Waals surface area contributed by atoms with Gasteiger partial charge in [-0.1, -0.05) is 18.2 Å².